The number of aliphatic hydroxyl groups is 1. The van der Waals surface area contributed by atoms with Gasteiger partial charge in [-0.25, -0.2) is 4.79 Å². The van der Waals surface area contributed by atoms with Gasteiger partial charge in [0.15, 0.2) is 12.4 Å². The fourth-order valence-electron chi connectivity index (χ4n) is 3.47. The Kier molecular flexibility index (Phi) is 11.8. The van der Waals surface area contributed by atoms with Crippen LogP contribution in [0.25, 0.3) is 6.08 Å². The van der Waals surface area contributed by atoms with Gasteiger partial charge in [-0.3, -0.25) is 9.59 Å². The fourth-order valence-corrected chi connectivity index (χ4v) is 3.47. The van der Waals surface area contributed by atoms with Crippen LogP contribution < -0.4 is 10.3 Å². The summed E-state index contributed by atoms with van der Waals surface area (Å²) in [7, 11) is 1.53. The molecule has 0 unspecified atom stereocenters. The molecule has 0 saturated heterocycles. The van der Waals surface area contributed by atoms with Crippen molar-refractivity contribution in [2.24, 2.45) is 7.05 Å². The number of aromatic nitrogens is 1. The highest BCUT2D eigenvalue weighted by Crippen LogP contribution is 2.18. The largest absolute Gasteiger partial charge is 0.507 e. The third-order valence-corrected chi connectivity index (χ3v) is 5.60. The van der Waals surface area contributed by atoms with Gasteiger partial charge in [-0.2, -0.15) is 0 Å². The minimum absolute atomic E-state index is 0.222. The first-order chi connectivity index (χ1) is 16.8. The second-order valence-corrected chi connectivity index (χ2v) is 8.39. The van der Waals surface area contributed by atoms with Gasteiger partial charge in [-0.1, -0.05) is 50.3 Å². The van der Waals surface area contributed by atoms with E-state index in [4.69, 9.17) is 14.6 Å². The topological polar surface area (TPSA) is 115 Å². The highest BCUT2D eigenvalue weighted by atomic mass is 16.6. The van der Waals surface area contributed by atoms with Gasteiger partial charge in [0.1, 0.15) is 17.1 Å². The molecule has 0 saturated carbocycles. The normalized spacial score (nSPS) is 11.1. The molecule has 2 rings (SSSR count). The monoisotopic (exact) mass is 485 g/mol. The summed E-state index contributed by atoms with van der Waals surface area (Å²) in [5.74, 6) is -0.972. The molecule has 0 bridgehead atoms. The Morgan fingerprint density at radius 3 is 2.43 bits per heavy atom. The van der Waals surface area contributed by atoms with Crippen molar-refractivity contribution >= 4 is 17.8 Å². The van der Waals surface area contributed by atoms with Crippen molar-refractivity contribution in [3.05, 3.63) is 63.6 Å². The number of unbranched alkanes of at least 4 members (excludes halogenated alkanes) is 6. The lowest BCUT2D eigenvalue weighted by atomic mass is 10.1. The van der Waals surface area contributed by atoms with E-state index in [9.17, 15) is 19.5 Å². The summed E-state index contributed by atoms with van der Waals surface area (Å²) in [4.78, 5) is 36.7. The molecule has 1 heterocycles. The minimum Gasteiger partial charge on any atom is -0.507 e. The lowest BCUT2D eigenvalue weighted by Crippen LogP contribution is -2.25. The fraction of sp³-hybridized carbons (Fsp3) is 0.444. The Bertz CT molecular complexity index is 1070. The molecule has 0 amide bonds. The van der Waals surface area contributed by atoms with E-state index in [1.165, 1.54) is 29.8 Å². The summed E-state index contributed by atoms with van der Waals surface area (Å²) in [5.41, 5.74) is 0.324. The number of benzene rings is 1. The zero-order valence-electron chi connectivity index (χ0n) is 20.5. The highest BCUT2D eigenvalue weighted by Gasteiger charge is 2.16. The van der Waals surface area contributed by atoms with Crippen molar-refractivity contribution in [1.29, 1.82) is 0 Å². The van der Waals surface area contributed by atoms with Gasteiger partial charge in [-0.15, -0.1) is 0 Å². The van der Waals surface area contributed by atoms with E-state index >= 15 is 0 Å². The number of hydrogen-bond acceptors (Lipinski definition) is 7. The number of carbonyl (C=O) groups excluding carboxylic acids is 2. The SMILES string of the molecule is Cc1cc(O)c(C(=O)/C=C/c2cccc(OCC(=O)OCCCCCCCCCO)c2)c(=O)n1C. The molecule has 0 aliphatic rings. The highest BCUT2D eigenvalue weighted by molar-refractivity contribution is 6.08. The summed E-state index contributed by atoms with van der Waals surface area (Å²) in [6.07, 6.45) is 9.75. The molecule has 1 aromatic carbocycles. The average molecular weight is 486 g/mol. The first kappa shape index (κ1) is 27.9. The Balaban J connectivity index is 1.78. The van der Waals surface area contributed by atoms with E-state index in [0.29, 0.717) is 23.6 Å². The number of aliphatic hydroxyl groups excluding tert-OH is 1. The number of aromatic hydroxyl groups is 1. The van der Waals surface area contributed by atoms with Gasteiger partial charge < -0.3 is 24.3 Å². The van der Waals surface area contributed by atoms with Gasteiger partial charge >= 0.3 is 5.97 Å². The molecule has 35 heavy (non-hydrogen) atoms. The van der Waals surface area contributed by atoms with Crippen LogP contribution in [0.4, 0.5) is 0 Å². The molecule has 0 atom stereocenters. The molecule has 2 aromatic rings. The number of carbonyl (C=O) groups is 2. The first-order valence-corrected chi connectivity index (χ1v) is 11.9. The summed E-state index contributed by atoms with van der Waals surface area (Å²) in [5, 5.41) is 18.8. The summed E-state index contributed by atoms with van der Waals surface area (Å²) in [6, 6.07) is 8.17. The van der Waals surface area contributed by atoms with Crippen molar-refractivity contribution in [2.75, 3.05) is 19.8 Å². The van der Waals surface area contributed by atoms with E-state index in [-0.39, 0.29) is 24.5 Å². The van der Waals surface area contributed by atoms with Crippen molar-refractivity contribution in [2.45, 2.75) is 51.9 Å². The lowest BCUT2D eigenvalue weighted by Gasteiger charge is -2.08. The van der Waals surface area contributed by atoms with Crippen molar-refractivity contribution in [3.63, 3.8) is 0 Å². The van der Waals surface area contributed by atoms with Gasteiger partial charge in [0, 0.05) is 25.4 Å². The van der Waals surface area contributed by atoms with Crippen LogP contribution in [0.1, 0.15) is 66.6 Å². The second-order valence-electron chi connectivity index (χ2n) is 8.39. The number of hydrogen-bond donors (Lipinski definition) is 2. The first-order valence-electron chi connectivity index (χ1n) is 11.9. The molecule has 8 heteroatoms. The summed E-state index contributed by atoms with van der Waals surface area (Å²) in [6.45, 7) is 2.05. The maximum absolute atomic E-state index is 12.5. The molecule has 0 radical (unpaired) electrons. The quantitative estimate of drug-likeness (QED) is 0.170. The third-order valence-electron chi connectivity index (χ3n) is 5.60. The van der Waals surface area contributed by atoms with E-state index < -0.39 is 17.3 Å². The molecule has 0 fully saturated rings. The summed E-state index contributed by atoms with van der Waals surface area (Å²) < 4.78 is 12.0. The van der Waals surface area contributed by atoms with Crippen molar-refractivity contribution in [3.8, 4) is 11.5 Å². The average Bonchev–Trinajstić information content (AvgIpc) is 2.84. The number of rotatable bonds is 15. The number of ether oxygens (including phenoxy) is 2. The van der Waals surface area contributed by atoms with E-state index in [1.54, 1.807) is 31.2 Å². The van der Waals surface area contributed by atoms with E-state index in [2.05, 4.69) is 0 Å². The molecule has 190 valence electrons. The zero-order valence-corrected chi connectivity index (χ0v) is 20.5. The van der Waals surface area contributed by atoms with Gasteiger partial charge in [0.05, 0.1) is 6.61 Å². The molecule has 2 N–H and O–H groups in total. The lowest BCUT2D eigenvalue weighted by molar-refractivity contribution is -0.146. The van der Waals surface area contributed by atoms with E-state index in [0.717, 1.165) is 44.9 Å². The third kappa shape index (κ3) is 9.41. The van der Waals surface area contributed by atoms with Crippen LogP contribution in [0.5, 0.6) is 11.5 Å². The van der Waals surface area contributed by atoms with Crippen molar-refractivity contribution < 1.29 is 29.3 Å². The number of pyridine rings is 1. The number of allylic oxidation sites excluding steroid dienone is 1. The molecular formula is C27H35NO7. The summed E-state index contributed by atoms with van der Waals surface area (Å²) >= 11 is 0. The Morgan fingerprint density at radius 1 is 1.03 bits per heavy atom. The Morgan fingerprint density at radius 2 is 1.71 bits per heavy atom. The predicted octanol–water partition coefficient (Wildman–Crippen LogP) is 3.94. The van der Waals surface area contributed by atoms with Crippen LogP contribution in [-0.2, 0) is 16.6 Å². The Hall–Kier alpha value is -3.39. The van der Waals surface area contributed by atoms with Gasteiger partial charge in [-0.05, 0) is 43.5 Å². The van der Waals surface area contributed by atoms with Crippen LogP contribution in [0.15, 0.2) is 41.2 Å². The number of aryl methyl sites for hydroxylation is 1. The molecule has 0 spiro atoms. The van der Waals surface area contributed by atoms with Gasteiger partial charge in [0.2, 0.25) is 0 Å². The molecule has 8 nitrogen and oxygen atoms in total. The standard InChI is InChI=1S/C27H35NO7/c1-20-17-24(31)26(27(33)28(20)2)23(30)14-13-21-11-10-12-22(18-21)35-19-25(32)34-16-9-7-5-3-4-6-8-15-29/h10-14,17-18,29,31H,3-9,15-16,19H2,1-2H3/b14-13+. The number of esters is 1. The maximum atomic E-state index is 12.5. The predicted molar refractivity (Wildman–Crippen MR) is 134 cm³/mol. The van der Waals surface area contributed by atoms with Gasteiger partial charge in [0.25, 0.3) is 5.56 Å². The molecule has 0 aliphatic carbocycles. The van der Waals surface area contributed by atoms with Crippen LogP contribution in [-0.4, -0.2) is 46.4 Å². The second kappa shape index (κ2) is 14.8. The van der Waals surface area contributed by atoms with Crippen molar-refractivity contribution in [1.82, 2.24) is 4.57 Å². The van der Waals surface area contributed by atoms with Crippen LogP contribution in [0.3, 0.4) is 0 Å². The Labute approximate surface area is 205 Å². The molecule has 1 aromatic heterocycles. The minimum atomic E-state index is -0.608. The van der Waals surface area contributed by atoms with Crippen LogP contribution >= 0.6 is 0 Å². The maximum Gasteiger partial charge on any atom is 0.344 e. The van der Waals surface area contributed by atoms with Crippen LogP contribution in [0, 0.1) is 6.92 Å². The zero-order chi connectivity index (χ0) is 25.6. The smallest absolute Gasteiger partial charge is 0.344 e. The number of nitrogens with zero attached hydrogens (tertiary/aromatic N) is 1. The van der Waals surface area contributed by atoms with Crippen LogP contribution in [0.2, 0.25) is 0 Å². The molecular weight excluding hydrogens is 450 g/mol. The number of ketones is 1. The van der Waals surface area contributed by atoms with E-state index in [1.807, 2.05) is 0 Å². The molecule has 0 aliphatic heterocycles.